The van der Waals surface area contributed by atoms with Crippen LogP contribution in [0.5, 0.6) is 0 Å². The molecule has 2 aromatic rings. The molecule has 0 bridgehead atoms. The second-order valence-corrected chi connectivity index (χ2v) is 10.6. The molecular weight excluding hydrogens is 440 g/mol. The number of aromatic nitrogens is 1. The van der Waals surface area contributed by atoms with Gasteiger partial charge in [0.1, 0.15) is 6.23 Å². The average Bonchev–Trinajstić information content (AvgIpc) is 3.35. The molecule has 3 rings (SSSR count). The van der Waals surface area contributed by atoms with E-state index >= 15 is 0 Å². The molecule has 1 aliphatic rings. The van der Waals surface area contributed by atoms with Crippen LogP contribution in [0.15, 0.2) is 29.8 Å². The summed E-state index contributed by atoms with van der Waals surface area (Å²) in [5.74, 6) is -0.518. The van der Waals surface area contributed by atoms with E-state index in [1.54, 1.807) is 16.2 Å². The normalized spacial score (nSPS) is 20.9. The summed E-state index contributed by atoms with van der Waals surface area (Å²) in [4.78, 5) is 31.7. The first-order valence-electron chi connectivity index (χ1n) is 11.1. The first kappa shape index (κ1) is 25.3. The van der Waals surface area contributed by atoms with Crippen molar-refractivity contribution < 1.29 is 19.8 Å². The maximum atomic E-state index is 13.0. The Kier molecular flexibility index (Phi) is 7.89. The molecule has 4 N–H and O–H groups in total. The van der Waals surface area contributed by atoms with Crippen LogP contribution in [-0.4, -0.2) is 62.9 Å². The summed E-state index contributed by atoms with van der Waals surface area (Å²) in [7, 11) is 0. The zero-order valence-electron chi connectivity index (χ0n) is 19.8. The van der Waals surface area contributed by atoms with Crippen LogP contribution in [-0.2, 0) is 16.1 Å². The van der Waals surface area contributed by atoms with E-state index in [0.717, 1.165) is 21.7 Å². The van der Waals surface area contributed by atoms with E-state index in [0.29, 0.717) is 6.54 Å². The highest BCUT2D eigenvalue weighted by atomic mass is 32.1. The Hall–Kier alpha value is -2.33. The van der Waals surface area contributed by atoms with Crippen molar-refractivity contribution in [3.63, 3.8) is 0 Å². The molecule has 1 aromatic carbocycles. The fraction of sp³-hybridized carbons (Fsp3) is 0.542. The Labute approximate surface area is 199 Å². The zero-order chi connectivity index (χ0) is 24.3. The Morgan fingerprint density at radius 1 is 1.27 bits per heavy atom. The molecule has 8 nitrogen and oxygen atoms in total. The van der Waals surface area contributed by atoms with Crippen LogP contribution in [0.2, 0.25) is 0 Å². The molecule has 0 radical (unpaired) electrons. The Morgan fingerprint density at radius 3 is 2.48 bits per heavy atom. The summed E-state index contributed by atoms with van der Waals surface area (Å²) in [6.07, 6.45) is -1.61. The number of nitrogens with zero attached hydrogens (tertiary/aromatic N) is 2. The lowest BCUT2D eigenvalue weighted by Gasteiger charge is -2.40. The van der Waals surface area contributed by atoms with Gasteiger partial charge in [0, 0.05) is 20.0 Å². The standard InChI is InChI=1S/C24H34N4O4S/c1-14-20(33-13-26-14)17-8-6-16(7-9-17)11-25-22(31)19-10-18(30)12-28(19)23(32)21(24(3,4)5)27-15(2)29/h6-9,13,18-19,21,23,30,32H,10-12H2,1-5H3,(H,25,31)(H,27,29). The second kappa shape index (κ2) is 10.3. The lowest BCUT2D eigenvalue weighted by molar-refractivity contribution is -0.134. The highest BCUT2D eigenvalue weighted by molar-refractivity contribution is 7.13. The van der Waals surface area contributed by atoms with Crippen molar-refractivity contribution in [2.75, 3.05) is 6.54 Å². The van der Waals surface area contributed by atoms with Gasteiger partial charge in [-0.3, -0.25) is 14.5 Å². The minimum atomic E-state index is -1.11. The number of aryl methyl sites for hydroxylation is 1. The van der Waals surface area contributed by atoms with Crippen molar-refractivity contribution in [3.05, 3.63) is 41.0 Å². The molecule has 9 heteroatoms. The van der Waals surface area contributed by atoms with Gasteiger partial charge in [0.2, 0.25) is 11.8 Å². The summed E-state index contributed by atoms with van der Waals surface area (Å²) in [5, 5.41) is 27.0. The zero-order valence-corrected chi connectivity index (χ0v) is 20.6. The molecule has 1 saturated heterocycles. The molecule has 0 spiro atoms. The lowest BCUT2D eigenvalue weighted by Crippen LogP contribution is -2.60. The summed E-state index contributed by atoms with van der Waals surface area (Å²) in [6.45, 7) is 9.61. The third-order valence-electron chi connectivity index (χ3n) is 5.98. The Morgan fingerprint density at radius 2 is 1.94 bits per heavy atom. The van der Waals surface area contributed by atoms with Crippen molar-refractivity contribution in [1.82, 2.24) is 20.5 Å². The second-order valence-electron chi connectivity index (χ2n) is 9.74. The molecule has 2 amide bonds. The van der Waals surface area contributed by atoms with Crippen LogP contribution in [0.1, 0.15) is 45.4 Å². The molecule has 33 heavy (non-hydrogen) atoms. The smallest absolute Gasteiger partial charge is 0.237 e. The van der Waals surface area contributed by atoms with Gasteiger partial charge in [-0.2, -0.15) is 0 Å². The minimum Gasteiger partial charge on any atom is -0.392 e. The highest BCUT2D eigenvalue weighted by Crippen LogP contribution is 2.29. The SMILES string of the molecule is CC(=O)NC(C(O)N1CC(O)CC1C(=O)NCc1ccc(-c2scnc2C)cc1)C(C)(C)C. The van der Waals surface area contributed by atoms with Gasteiger partial charge in [0.25, 0.3) is 0 Å². The van der Waals surface area contributed by atoms with Gasteiger partial charge < -0.3 is 20.8 Å². The number of hydrogen-bond donors (Lipinski definition) is 4. The van der Waals surface area contributed by atoms with E-state index < -0.39 is 29.8 Å². The molecule has 4 atom stereocenters. The average molecular weight is 475 g/mol. The van der Waals surface area contributed by atoms with Gasteiger partial charge in [-0.05, 0) is 29.9 Å². The van der Waals surface area contributed by atoms with Gasteiger partial charge in [0.05, 0.1) is 34.3 Å². The van der Waals surface area contributed by atoms with Gasteiger partial charge in [-0.15, -0.1) is 11.3 Å². The number of benzene rings is 1. The van der Waals surface area contributed by atoms with Gasteiger partial charge >= 0.3 is 0 Å². The van der Waals surface area contributed by atoms with Crippen molar-refractivity contribution >= 4 is 23.2 Å². The number of nitrogens with one attached hydrogen (secondary N) is 2. The third-order valence-corrected chi connectivity index (χ3v) is 6.96. The number of thiazole rings is 1. The van der Waals surface area contributed by atoms with Crippen LogP contribution < -0.4 is 10.6 Å². The lowest BCUT2D eigenvalue weighted by atomic mass is 9.85. The van der Waals surface area contributed by atoms with Gasteiger partial charge in [-0.1, -0.05) is 45.0 Å². The molecule has 0 aliphatic carbocycles. The van der Waals surface area contributed by atoms with E-state index in [2.05, 4.69) is 15.6 Å². The summed E-state index contributed by atoms with van der Waals surface area (Å²) >= 11 is 1.59. The first-order valence-corrected chi connectivity index (χ1v) is 12.0. The molecule has 1 aromatic heterocycles. The monoisotopic (exact) mass is 474 g/mol. The number of aliphatic hydroxyl groups excluding tert-OH is 2. The number of amides is 2. The predicted molar refractivity (Wildman–Crippen MR) is 128 cm³/mol. The Balaban J connectivity index is 1.66. The van der Waals surface area contributed by atoms with Crippen LogP contribution in [0, 0.1) is 12.3 Å². The number of β-amino-alcohol motifs (C(OH)–C–C–N with tert-alkyl or cyclic N) is 1. The summed E-state index contributed by atoms with van der Waals surface area (Å²) in [6, 6.07) is 6.68. The predicted octanol–water partition coefficient (Wildman–Crippen LogP) is 2.04. The molecule has 2 heterocycles. The summed E-state index contributed by atoms with van der Waals surface area (Å²) < 4.78 is 0. The maximum Gasteiger partial charge on any atom is 0.237 e. The summed E-state index contributed by atoms with van der Waals surface area (Å²) in [5.41, 5.74) is 4.41. The number of aliphatic hydroxyl groups is 2. The van der Waals surface area contributed by atoms with E-state index in [-0.39, 0.29) is 24.8 Å². The number of carbonyl (C=O) groups is 2. The van der Waals surface area contributed by atoms with Crippen LogP contribution in [0.3, 0.4) is 0 Å². The fourth-order valence-corrected chi connectivity index (χ4v) is 5.01. The van der Waals surface area contributed by atoms with Crippen molar-refractivity contribution in [2.45, 2.75) is 72.0 Å². The first-order chi connectivity index (χ1) is 15.5. The minimum absolute atomic E-state index is 0.161. The van der Waals surface area contributed by atoms with Crippen molar-refractivity contribution in [2.24, 2.45) is 5.41 Å². The van der Waals surface area contributed by atoms with Gasteiger partial charge in [-0.25, -0.2) is 4.98 Å². The number of carbonyl (C=O) groups excluding carboxylic acids is 2. The topological polar surface area (TPSA) is 115 Å². The molecule has 1 aliphatic heterocycles. The van der Waals surface area contributed by atoms with Crippen LogP contribution >= 0.6 is 11.3 Å². The van der Waals surface area contributed by atoms with Crippen LogP contribution in [0.4, 0.5) is 0 Å². The fourth-order valence-electron chi connectivity index (χ4n) is 4.20. The van der Waals surface area contributed by atoms with Crippen LogP contribution in [0.25, 0.3) is 10.4 Å². The van der Waals surface area contributed by atoms with Crippen molar-refractivity contribution in [1.29, 1.82) is 0 Å². The third kappa shape index (κ3) is 6.17. The van der Waals surface area contributed by atoms with Gasteiger partial charge in [0.15, 0.2) is 0 Å². The number of hydrogen-bond acceptors (Lipinski definition) is 7. The van der Waals surface area contributed by atoms with E-state index in [1.807, 2.05) is 57.5 Å². The highest BCUT2D eigenvalue weighted by Gasteiger charge is 2.44. The van der Waals surface area contributed by atoms with E-state index in [1.165, 1.54) is 6.92 Å². The molecule has 1 fully saturated rings. The number of likely N-dealkylation sites (tertiary alicyclic amines) is 1. The van der Waals surface area contributed by atoms with E-state index in [4.69, 9.17) is 0 Å². The maximum absolute atomic E-state index is 13.0. The number of rotatable bonds is 7. The Bertz CT molecular complexity index is 970. The quantitative estimate of drug-likeness (QED) is 0.488. The largest absolute Gasteiger partial charge is 0.392 e. The van der Waals surface area contributed by atoms with Crippen molar-refractivity contribution in [3.8, 4) is 10.4 Å². The molecule has 0 saturated carbocycles. The molecule has 180 valence electrons. The molecule has 4 unspecified atom stereocenters. The molecular formula is C24H34N4O4S. The van der Waals surface area contributed by atoms with E-state index in [9.17, 15) is 19.8 Å².